The van der Waals surface area contributed by atoms with Crippen molar-refractivity contribution in [2.24, 2.45) is 0 Å². The van der Waals surface area contributed by atoms with Crippen LogP contribution in [0.2, 0.25) is 0 Å². The molecule has 0 aromatic carbocycles. The average Bonchev–Trinajstić information content (AvgIpc) is 2.47. The van der Waals surface area contributed by atoms with E-state index < -0.39 is 0 Å². The van der Waals surface area contributed by atoms with Gasteiger partial charge in [-0.15, -0.1) is 26.2 Å². The van der Waals surface area contributed by atoms with Gasteiger partial charge < -0.3 is 63.1 Å². The van der Waals surface area contributed by atoms with Gasteiger partial charge in [0.2, 0.25) is 0 Å². The van der Waals surface area contributed by atoms with Crippen LogP contribution >= 0.6 is 58.8 Å². The van der Waals surface area contributed by atoms with Crippen LogP contribution in [0, 0.1) is 0 Å². The molecule has 0 N–H and O–H groups in total. The van der Waals surface area contributed by atoms with Crippen molar-refractivity contribution in [1.82, 2.24) is 0 Å². The number of rotatable bonds is 0. The third-order valence-electron chi connectivity index (χ3n) is 3.04. The largest absolute Gasteiger partial charge is 5.00 e. The summed E-state index contributed by atoms with van der Waals surface area (Å²) in [5, 5.41) is 3.06. The Morgan fingerprint density at radius 3 is 0.423 bits per heavy atom. The molecule has 0 saturated carbocycles. The van der Waals surface area contributed by atoms with Gasteiger partial charge in [0.1, 0.15) is 0 Å². The van der Waals surface area contributed by atoms with Gasteiger partial charge in [-0.3, -0.25) is 0 Å². The van der Waals surface area contributed by atoms with Crippen molar-refractivity contribution in [3.05, 3.63) is 0 Å². The number of thioether (sulfide) groups is 5. The minimum Gasteiger partial charge on any atom is -0.788 e. The molecule has 0 aromatic rings. The van der Waals surface area contributed by atoms with E-state index in [-0.39, 0.29) is 22.4 Å². The van der Waals surface area contributed by atoms with Gasteiger partial charge in [-0.05, 0) is 57.5 Å². The van der Waals surface area contributed by atoms with Gasteiger partial charge in [0.25, 0.3) is 0 Å². The summed E-state index contributed by atoms with van der Waals surface area (Å²) < 4.78 is 0. The smallest absolute Gasteiger partial charge is 0.788 e. The second-order valence-corrected chi connectivity index (χ2v) is 14.5. The summed E-state index contributed by atoms with van der Waals surface area (Å²) >= 11 is 33.9. The summed E-state index contributed by atoms with van der Waals surface area (Å²) in [6.07, 6.45) is 0. The first-order valence-electron chi connectivity index (χ1n) is 8.15. The van der Waals surface area contributed by atoms with Crippen molar-refractivity contribution in [2.75, 3.05) is 57.5 Å². The zero-order valence-electron chi connectivity index (χ0n) is 14.5. The van der Waals surface area contributed by atoms with Crippen LogP contribution in [0.25, 0.3) is 0 Å². The molecular formula is C15H25S10Ta. The topological polar surface area (TPSA) is 0 Å². The maximum absolute atomic E-state index is 4.85. The van der Waals surface area contributed by atoms with E-state index in [2.05, 4.69) is 0 Å². The molecule has 0 aromatic heterocycles. The van der Waals surface area contributed by atoms with Crippen LogP contribution in [0.5, 0.6) is 0 Å². The summed E-state index contributed by atoms with van der Waals surface area (Å²) in [4.78, 5) is 0. The van der Waals surface area contributed by atoms with Crippen molar-refractivity contribution in [3.63, 3.8) is 0 Å². The second kappa shape index (κ2) is 19.9. The first kappa shape index (κ1) is 30.2. The molecule has 5 saturated heterocycles. The molecular weight excluding hydrogens is 682 g/mol. The maximum Gasteiger partial charge on any atom is 5.00 e. The van der Waals surface area contributed by atoms with Crippen LogP contribution in [0.15, 0.2) is 0 Å². The summed E-state index contributed by atoms with van der Waals surface area (Å²) in [5.41, 5.74) is 0. The minimum absolute atomic E-state index is 0. The first-order chi connectivity index (χ1) is 12.0. The fourth-order valence-corrected chi connectivity index (χ4v) is 6.10. The number of hydrogen-bond acceptors (Lipinski definition) is 10. The molecule has 0 spiro atoms. The Labute approximate surface area is 225 Å². The van der Waals surface area contributed by atoms with Crippen LogP contribution in [-0.4, -0.2) is 83.8 Å². The maximum atomic E-state index is 4.85. The molecule has 0 amide bonds. The van der Waals surface area contributed by atoms with Crippen molar-refractivity contribution in [1.29, 1.82) is 0 Å². The quantitative estimate of drug-likeness (QED) is 0.343. The molecule has 0 unspecified atom stereocenters. The van der Waals surface area contributed by atoms with E-state index in [0.717, 1.165) is 0 Å². The predicted octanol–water partition coefficient (Wildman–Crippen LogP) is 3.24. The van der Waals surface area contributed by atoms with Crippen LogP contribution in [0.3, 0.4) is 0 Å². The van der Waals surface area contributed by atoms with Crippen molar-refractivity contribution < 1.29 is 22.4 Å². The Hall–Kier alpha value is 4.24. The zero-order chi connectivity index (χ0) is 18.5. The molecule has 0 aliphatic carbocycles. The summed E-state index contributed by atoms with van der Waals surface area (Å²) in [6.45, 7) is 0. The van der Waals surface area contributed by atoms with E-state index in [1.807, 2.05) is 58.8 Å². The van der Waals surface area contributed by atoms with E-state index in [0.29, 0.717) is 26.2 Å². The molecule has 0 radical (unpaired) electrons. The van der Waals surface area contributed by atoms with E-state index in [1.54, 1.807) is 0 Å². The van der Waals surface area contributed by atoms with E-state index >= 15 is 0 Å². The average molecular weight is 707 g/mol. The molecule has 150 valence electrons. The zero-order valence-corrected chi connectivity index (χ0v) is 25.9. The Kier molecular flexibility index (Phi) is 23.1. The van der Waals surface area contributed by atoms with Crippen LogP contribution in [0.1, 0.15) is 0 Å². The summed E-state index contributed by atoms with van der Waals surface area (Å²) in [5.74, 6) is 12.2. The molecule has 11 heteroatoms. The van der Waals surface area contributed by atoms with Crippen molar-refractivity contribution >= 4 is 122 Å². The van der Waals surface area contributed by atoms with E-state index in [4.69, 9.17) is 63.1 Å². The molecule has 26 heavy (non-hydrogen) atoms. The number of hydrogen-bond donors (Lipinski definition) is 0. The third kappa shape index (κ3) is 17.9. The molecule has 5 rings (SSSR count). The monoisotopic (exact) mass is 706 g/mol. The van der Waals surface area contributed by atoms with Gasteiger partial charge in [0.05, 0.1) is 0 Å². The van der Waals surface area contributed by atoms with Gasteiger partial charge in [-0.1, -0.05) is 0 Å². The third-order valence-corrected chi connectivity index (χ3v) is 13.2. The normalized spacial score (nSPS) is 24.8. The van der Waals surface area contributed by atoms with Crippen molar-refractivity contribution in [3.8, 4) is 0 Å². The SMILES string of the molecule is [S-]C1CSC1.[S-]C1CSC1.[S-]C1CSC1.[S-]C1CSC1.[S-]C1CSC1.[Ta+5]. The molecule has 5 heterocycles. The molecule has 5 aliphatic rings. The van der Waals surface area contributed by atoms with Crippen molar-refractivity contribution in [2.45, 2.75) is 26.2 Å². The van der Waals surface area contributed by atoms with Gasteiger partial charge in [-0.25, -0.2) is 0 Å². The first-order valence-corrected chi connectivity index (χ1v) is 16.3. The minimum atomic E-state index is 0. The van der Waals surface area contributed by atoms with Gasteiger partial charge in [0, 0.05) is 0 Å². The molecule has 0 nitrogen and oxygen atoms in total. The van der Waals surface area contributed by atoms with Gasteiger partial charge in [-0.2, -0.15) is 58.8 Å². The van der Waals surface area contributed by atoms with Crippen LogP contribution in [-0.2, 0) is 85.5 Å². The fraction of sp³-hybridized carbons (Fsp3) is 1.00. The van der Waals surface area contributed by atoms with Crippen LogP contribution in [0.4, 0.5) is 0 Å². The van der Waals surface area contributed by atoms with E-state index in [9.17, 15) is 0 Å². The standard InChI is InChI=1S/5C3H6S2.Ta/c5*4-3-1-5-2-3;/h5*3-4H,1-2H2;/q;;;;;+5/p-5. The Morgan fingerprint density at radius 1 is 0.346 bits per heavy atom. The fourth-order valence-electron chi connectivity index (χ4n) is 1.07. The van der Waals surface area contributed by atoms with E-state index in [1.165, 1.54) is 57.5 Å². The molecule has 5 fully saturated rings. The van der Waals surface area contributed by atoms with Gasteiger partial charge >= 0.3 is 22.4 Å². The van der Waals surface area contributed by atoms with Crippen LogP contribution < -0.4 is 0 Å². The Bertz CT molecular complexity index is 235. The Morgan fingerprint density at radius 2 is 0.423 bits per heavy atom. The summed E-state index contributed by atoms with van der Waals surface area (Å²) in [6, 6.07) is 0. The summed E-state index contributed by atoms with van der Waals surface area (Å²) in [7, 11) is 0. The molecule has 5 aliphatic heterocycles. The van der Waals surface area contributed by atoms with Gasteiger partial charge in [0.15, 0.2) is 0 Å². The Balaban J connectivity index is 0.000000298. The molecule has 0 bridgehead atoms. The molecule has 0 atom stereocenters. The second-order valence-electron chi connectivity index (χ2n) is 5.80. The predicted molar refractivity (Wildman–Crippen MR) is 142 cm³/mol.